The minimum absolute atomic E-state index is 0.578. The standard InChI is InChI=1S/C15H20N2/c1-3-8-17-15-5-4-14(11-12(15)2)13-6-9-16-10-7-13/h4-7,9-10,12,17H,3,8,11H2,1-2H3. The molecule has 0 radical (unpaired) electrons. The second-order valence-electron chi connectivity index (χ2n) is 4.58. The van der Waals surface area contributed by atoms with Crippen molar-refractivity contribution < 1.29 is 0 Å². The molecular formula is C15H20N2. The van der Waals surface area contributed by atoms with Crippen LogP contribution in [0.15, 0.2) is 42.4 Å². The molecule has 0 saturated heterocycles. The monoisotopic (exact) mass is 228 g/mol. The zero-order valence-corrected chi connectivity index (χ0v) is 10.6. The number of rotatable bonds is 4. The van der Waals surface area contributed by atoms with Crippen molar-refractivity contribution in [3.8, 4) is 0 Å². The first-order chi connectivity index (χ1) is 8.31. The lowest BCUT2D eigenvalue weighted by Gasteiger charge is -2.23. The summed E-state index contributed by atoms with van der Waals surface area (Å²) < 4.78 is 0. The molecule has 0 spiro atoms. The van der Waals surface area contributed by atoms with Crippen molar-refractivity contribution >= 4 is 5.57 Å². The van der Waals surface area contributed by atoms with Crippen LogP contribution in [0.2, 0.25) is 0 Å². The van der Waals surface area contributed by atoms with Gasteiger partial charge < -0.3 is 5.32 Å². The number of hydrogen-bond donors (Lipinski definition) is 1. The molecule has 0 aliphatic heterocycles. The van der Waals surface area contributed by atoms with Gasteiger partial charge in [0.15, 0.2) is 0 Å². The lowest BCUT2D eigenvalue weighted by molar-refractivity contribution is 0.607. The Morgan fingerprint density at radius 2 is 2.06 bits per heavy atom. The molecule has 2 nitrogen and oxygen atoms in total. The fourth-order valence-corrected chi connectivity index (χ4v) is 2.15. The van der Waals surface area contributed by atoms with Crippen molar-refractivity contribution in [2.75, 3.05) is 6.54 Å². The minimum Gasteiger partial charge on any atom is -0.388 e. The first-order valence-corrected chi connectivity index (χ1v) is 6.36. The fourth-order valence-electron chi connectivity index (χ4n) is 2.15. The van der Waals surface area contributed by atoms with Crippen LogP contribution in [0.3, 0.4) is 0 Å². The molecule has 1 unspecified atom stereocenters. The molecule has 1 atom stereocenters. The largest absolute Gasteiger partial charge is 0.388 e. The van der Waals surface area contributed by atoms with Gasteiger partial charge in [0.05, 0.1) is 0 Å². The fraction of sp³-hybridized carbons (Fsp3) is 0.400. The smallest absolute Gasteiger partial charge is 0.0273 e. The summed E-state index contributed by atoms with van der Waals surface area (Å²) >= 11 is 0. The van der Waals surface area contributed by atoms with Gasteiger partial charge in [0.2, 0.25) is 0 Å². The van der Waals surface area contributed by atoms with Crippen LogP contribution in [0.1, 0.15) is 32.3 Å². The summed E-state index contributed by atoms with van der Waals surface area (Å²) in [4.78, 5) is 4.06. The summed E-state index contributed by atoms with van der Waals surface area (Å²) in [6.45, 7) is 5.54. The Morgan fingerprint density at radius 3 is 2.71 bits per heavy atom. The molecule has 1 heterocycles. The Balaban J connectivity index is 2.13. The normalized spacial score (nSPS) is 19.5. The van der Waals surface area contributed by atoms with Crippen LogP contribution in [0.5, 0.6) is 0 Å². The molecule has 1 N–H and O–H groups in total. The zero-order valence-electron chi connectivity index (χ0n) is 10.6. The van der Waals surface area contributed by atoms with Crippen molar-refractivity contribution in [3.05, 3.63) is 47.9 Å². The van der Waals surface area contributed by atoms with Crippen molar-refractivity contribution in [3.63, 3.8) is 0 Å². The second kappa shape index (κ2) is 5.67. The highest BCUT2D eigenvalue weighted by Gasteiger charge is 2.15. The first kappa shape index (κ1) is 11.9. The Bertz CT molecular complexity index is 418. The molecule has 0 fully saturated rings. The number of allylic oxidation sites excluding steroid dienone is 4. The molecule has 0 bridgehead atoms. The van der Waals surface area contributed by atoms with E-state index in [1.807, 2.05) is 12.4 Å². The van der Waals surface area contributed by atoms with Crippen LogP contribution in [-0.4, -0.2) is 11.5 Å². The van der Waals surface area contributed by atoms with Crippen molar-refractivity contribution in [1.29, 1.82) is 0 Å². The van der Waals surface area contributed by atoms with Gasteiger partial charge in [-0.1, -0.05) is 19.9 Å². The van der Waals surface area contributed by atoms with E-state index in [9.17, 15) is 0 Å². The number of pyridine rings is 1. The summed E-state index contributed by atoms with van der Waals surface area (Å²) in [5.74, 6) is 0.578. The lowest BCUT2D eigenvalue weighted by Crippen LogP contribution is -2.21. The molecule has 1 aliphatic carbocycles. The van der Waals surface area contributed by atoms with E-state index in [-0.39, 0.29) is 0 Å². The third kappa shape index (κ3) is 2.96. The summed E-state index contributed by atoms with van der Waals surface area (Å²) in [5.41, 5.74) is 4.06. The molecule has 2 heteroatoms. The molecule has 90 valence electrons. The topological polar surface area (TPSA) is 24.9 Å². The number of nitrogens with zero attached hydrogens (tertiary/aromatic N) is 1. The Morgan fingerprint density at radius 1 is 1.29 bits per heavy atom. The maximum Gasteiger partial charge on any atom is 0.0273 e. The number of aromatic nitrogens is 1. The maximum atomic E-state index is 4.06. The molecule has 0 aromatic carbocycles. The van der Waals surface area contributed by atoms with Crippen LogP contribution in [0.25, 0.3) is 5.57 Å². The summed E-state index contributed by atoms with van der Waals surface area (Å²) in [6.07, 6.45) is 10.4. The van der Waals surface area contributed by atoms with Crippen LogP contribution in [0, 0.1) is 5.92 Å². The third-order valence-electron chi connectivity index (χ3n) is 3.15. The minimum atomic E-state index is 0.578. The highest BCUT2D eigenvalue weighted by molar-refractivity contribution is 5.68. The summed E-state index contributed by atoms with van der Waals surface area (Å²) in [7, 11) is 0. The van der Waals surface area contributed by atoms with Crippen molar-refractivity contribution in [2.45, 2.75) is 26.7 Å². The predicted octanol–water partition coefficient (Wildman–Crippen LogP) is 3.39. The van der Waals surface area contributed by atoms with E-state index in [1.165, 1.54) is 23.3 Å². The van der Waals surface area contributed by atoms with Gasteiger partial charge in [0.1, 0.15) is 0 Å². The lowest BCUT2D eigenvalue weighted by atomic mass is 9.89. The van der Waals surface area contributed by atoms with Gasteiger partial charge in [-0.15, -0.1) is 0 Å². The summed E-state index contributed by atoms with van der Waals surface area (Å²) in [5, 5.41) is 3.50. The predicted molar refractivity (Wildman–Crippen MR) is 72.4 cm³/mol. The van der Waals surface area contributed by atoms with Crippen molar-refractivity contribution in [1.82, 2.24) is 10.3 Å². The van der Waals surface area contributed by atoms with Gasteiger partial charge in [0.25, 0.3) is 0 Å². The second-order valence-corrected chi connectivity index (χ2v) is 4.58. The molecule has 0 saturated carbocycles. The first-order valence-electron chi connectivity index (χ1n) is 6.36. The number of hydrogen-bond acceptors (Lipinski definition) is 2. The average Bonchev–Trinajstić information content (AvgIpc) is 2.38. The van der Waals surface area contributed by atoms with Crippen LogP contribution in [-0.2, 0) is 0 Å². The van der Waals surface area contributed by atoms with E-state index in [4.69, 9.17) is 0 Å². The van der Waals surface area contributed by atoms with Crippen molar-refractivity contribution in [2.24, 2.45) is 5.92 Å². The molecule has 1 aliphatic rings. The molecule has 2 rings (SSSR count). The van der Waals surface area contributed by atoms with Crippen LogP contribution < -0.4 is 5.32 Å². The maximum absolute atomic E-state index is 4.06. The zero-order chi connectivity index (χ0) is 12.1. The SMILES string of the molecule is CCCNC1=CC=C(c2ccncc2)CC1C. The third-order valence-corrected chi connectivity index (χ3v) is 3.15. The number of nitrogens with one attached hydrogen (secondary N) is 1. The summed E-state index contributed by atoms with van der Waals surface area (Å²) in [6, 6.07) is 4.16. The van der Waals surface area contributed by atoms with E-state index in [1.54, 1.807) is 0 Å². The van der Waals surface area contributed by atoms with Gasteiger partial charge >= 0.3 is 0 Å². The van der Waals surface area contributed by atoms with E-state index in [2.05, 4.69) is 48.4 Å². The van der Waals surface area contributed by atoms with Gasteiger partial charge in [0, 0.05) is 24.6 Å². The van der Waals surface area contributed by atoms with Gasteiger partial charge in [-0.2, -0.15) is 0 Å². The highest BCUT2D eigenvalue weighted by atomic mass is 14.9. The van der Waals surface area contributed by atoms with Gasteiger partial charge in [-0.3, -0.25) is 4.98 Å². The highest BCUT2D eigenvalue weighted by Crippen LogP contribution is 2.29. The Hall–Kier alpha value is -1.57. The Kier molecular flexibility index (Phi) is 3.97. The molecular weight excluding hydrogens is 208 g/mol. The molecule has 0 amide bonds. The molecule has 17 heavy (non-hydrogen) atoms. The van der Waals surface area contributed by atoms with E-state index in [0.717, 1.165) is 13.0 Å². The van der Waals surface area contributed by atoms with Crippen LogP contribution in [0.4, 0.5) is 0 Å². The van der Waals surface area contributed by atoms with E-state index < -0.39 is 0 Å². The molecule has 1 aromatic rings. The van der Waals surface area contributed by atoms with E-state index in [0.29, 0.717) is 5.92 Å². The van der Waals surface area contributed by atoms with Gasteiger partial charge in [-0.25, -0.2) is 0 Å². The van der Waals surface area contributed by atoms with Gasteiger partial charge in [-0.05, 0) is 48.1 Å². The van der Waals surface area contributed by atoms with E-state index >= 15 is 0 Å². The van der Waals surface area contributed by atoms with Crippen LogP contribution >= 0.6 is 0 Å². The molecule has 1 aromatic heterocycles. The quantitative estimate of drug-likeness (QED) is 0.854. The average molecular weight is 228 g/mol. The Labute approximate surface area is 103 Å².